The molecule has 2 N–H and O–H groups in total. The number of benzene rings is 1. The number of hydrogen-bond acceptors (Lipinski definition) is 4. The Labute approximate surface area is 112 Å². The second-order valence-corrected chi connectivity index (χ2v) is 5.17. The van der Waals surface area contributed by atoms with Crippen LogP contribution in [0.3, 0.4) is 0 Å². The molecule has 0 fully saturated rings. The first-order valence-electron chi connectivity index (χ1n) is 6.14. The van der Waals surface area contributed by atoms with Gasteiger partial charge in [0.25, 0.3) is 0 Å². The second-order valence-electron chi connectivity index (χ2n) is 3.94. The molecule has 2 aromatic rings. The van der Waals surface area contributed by atoms with E-state index >= 15 is 0 Å². The smallest absolute Gasteiger partial charge is 0.191 e. The van der Waals surface area contributed by atoms with Crippen LogP contribution >= 0.6 is 11.8 Å². The van der Waals surface area contributed by atoms with Crippen LogP contribution < -0.4 is 5.73 Å². The predicted molar refractivity (Wildman–Crippen MR) is 74.7 cm³/mol. The summed E-state index contributed by atoms with van der Waals surface area (Å²) in [6, 6.07) is 10.4. The van der Waals surface area contributed by atoms with E-state index in [4.69, 9.17) is 5.73 Å². The van der Waals surface area contributed by atoms with E-state index in [1.165, 1.54) is 5.56 Å². The van der Waals surface area contributed by atoms with Gasteiger partial charge in [-0.1, -0.05) is 49.0 Å². The summed E-state index contributed by atoms with van der Waals surface area (Å²) in [5.41, 5.74) is 6.88. The fraction of sp³-hybridized carbons (Fsp3) is 0.385. The van der Waals surface area contributed by atoms with Crippen molar-refractivity contribution < 1.29 is 0 Å². The van der Waals surface area contributed by atoms with Crippen LogP contribution in [0, 0.1) is 0 Å². The standard InChI is InChI=1S/C13H18N4S/c1-2-18-13-16-15-12(8-9-14)17(13)10-11-6-4-3-5-7-11/h3-7H,2,8-10,14H2,1H3. The molecule has 0 radical (unpaired) electrons. The number of nitrogens with zero attached hydrogens (tertiary/aromatic N) is 3. The normalized spacial score (nSPS) is 10.8. The first kappa shape index (κ1) is 13.1. The lowest BCUT2D eigenvalue weighted by Gasteiger charge is -2.09. The molecule has 0 saturated heterocycles. The third-order valence-electron chi connectivity index (χ3n) is 2.62. The Bertz CT molecular complexity index is 457. The van der Waals surface area contributed by atoms with Crippen LogP contribution in [-0.2, 0) is 13.0 Å². The lowest BCUT2D eigenvalue weighted by molar-refractivity contribution is 0.663. The molecular formula is C13H18N4S. The van der Waals surface area contributed by atoms with Crippen LogP contribution in [0.5, 0.6) is 0 Å². The molecule has 0 bridgehead atoms. The topological polar surface area (TPSA) is 56.7 Å². The molecule has 0 aliphatic heterocycles. The number of thioether (sulfide) groups is 1. The van der Waals surface area contributed by atoms with Gasteiger partial charge in [-0.3, -0.25) is 0 Å². The summed E-state index contributed by atoms with van der Waals surface area (Å²) in [7, 11) is 0. The summed E-state index contributed by atoms with van der Waals surface area (Å²) < 4.78 is 2.16. The molecule has 0 aliphatic rings. The van der Waals surface area contributed by atoms with E-state index in [-0.39, 0.29) is 0 Å². The molecular weight excluding hydrogens is 244 g/mol. The highest BCUT2D eigenvalue weighted by atomic mass is 32.2. The van der Waals surface area contributed by atoms with Crippen molar-refractivity contribution in [3.8, 4) is 0 Å². The zero-order valence-electron chi connectivity index (χ0n) is 10.5. The molecule has 2 rings (SSSR count). The molecule has 1 aromatic carbocycles. The molecule has 0 aliphatic carbocycles. The van der Waals surface area contributed by atoms with Crippen LogP contribution in [0.2, 0.25) is 0 Å². The third-order valence-corrected chi connectivity index (χ3v) is 3.47. The number of aromatic nitrogens is 3. The molecule has 0 amide bonds. The molecule has 5 heteroatoms. The van der Waals surface area contributed by atoms with Crippen LogP contribution in [0.1, 0.15) is 18.3 Å². The van der Waals surface area contributed by atoms with Gasteiger partial charge in [0.05, 0.1) is 6.54 Å². The average Bonchev–Trinajstić information content (AvgIpc) is 2.75. The van der Waals surface area contributed by atoms with E-state index in [0.29, 0.717) is 6.54 Å². The van der Waals surface area contributed by atoms with Crippen molar-refractivity contribution in [2.45, 2.75) is 25.0 Å². The largest absolute Gasteiger partial charge is 0.330 e. The minimum absolute atomic E-state index is 0.601. The second kappa shape index (κ2) is 6.56. The molecule has 0 atom stereocenters. The van der Waals surface area contributed by atoms with Crippen LogP contribution in [0.15, 0.2) is 35.5 Å². The SMILES string of the molecule is CCSc1nnc(CCN)n1Cc1ccccc1. The van der Waals surface area contributed by atoms with Crippen LogP contribution in [0.25, 0.3) is 0 Å². The van der Waals surface area contributed by atoms with Crippen molar-refractivity contribution in [2.75, 3.05) is 12.3 Å². The van der Waals surface area contributed by atoms with E-state index in [9.17, 15) is 0 Å². The summed E-state index contributed by atoms with van der Waals surface area (Å²) in [4.78, 5) is 0. The molecule has 0 unspecified atom stereocenters. The Morgan fingerprint density at radius 1 is 1.22 bits per heavy atom. The first-order chi connectivity index (χ1) is 8.85. The minimum atomic E-state index is 0.601. The van der Waals surface area contributed by atoms with Gasteiger partial charge in [-0.25, -0.2) is 0 Å². The van der Waals surface area contributed by atoms with Gasteiger partial charge in [-0.15, -0.1) is 10.2 Å². The van der Waals surface area contributed by atoms with Crippen molar-refractivity contribution >= 4 is 11.8 Å². The van der Waals surface area contributed by atoms with Gasteiger partial charge in [0.15, 0.2) is 5.16 Å². The monoisotopic (exact) mass is 262 g/mol. The molecule has 4 nitrogen and oxygen atoms in total. The summed E-state index contributed by atoms with van der Waals surface area (Å²) in [5.74, 6) is 1.97. The molecule has 0 spiro atoms. The maximum Gasteiger partial charge on any atom is 0.191 e. The maximum absolute atomic E-state index is 5.62. The predicted octanol–water partition coefficient (Wildman–Crippen LogP) is 1.94. The van der Waals surface area contributed by atoms with E-state index in [1.54, 1.807) is 11.8 Å². The fourth-order valence-electron chi connectivity index (χ4n) is 1.79. The maximum atomic E-state index is 5.62. The number of rotatable bonds is 6. The van der Waals surface area contributed by atoms with E-state index in [2.05, 4.69) is 46.0 Å². The van der Waals surface area contributed by atoms with Gasteiger partial charge in [0.1, 0.15) is 5.82 Å². The van der Waals surface area contributed by atoms with Gasteiger partial charge in [0.2, 0.25) is 0 Å². The number of nitrogens with two attached hydrogens (primary N) is 1. The van der Waals surface area contributed by atoms with Crippen molar-refractivity contribution in [3.05, 3.63) is 41.7 Å². The molecule has 1 heterocycles. The van der Waals surface area contributed by atoms with Crippen molar-refractivity contribution in [1.29, 1.82) is 0 Å². The van der Waals surface area contributed by atoms with Crippen LogP contribution in [-0.4, -0.2) is 27.1 Å². The van der Waals surface area contributed by atoms with E-state index < -0.39 is 0 Å². The zero-order chi connectivity index (χ0) is 12.8. The molecule has 0 saturated carbocycles. The Balaban J connectivity index is 2.25. The lowest BCUT2D eigenvalue weighted by atomic mass is 10.2. The lowest BCUT2D eigenvalue weighted by Crippen LogP contribution is -2.11. The molecule has 1 aromatic heterocycles. The van der Waals surface area contributed by atoms with E-state index in [0.717, 1.165) is 29.7 Å². The van der Waals surface area contributed by atoms with Crippen molar-refractivity contribution in [1.82, 2.24) is 14.8 Å². The fourth-order valence-corrected chi connectivity index (χ4v) is 2.48. The van der Waals surface area contributed by atoms with Gasteiger partial charge in [-0.05, 0) is 17.9 Å². The highest BCUT2D eigenvalue weighted by molar-refractivity contribution is 7.99. The summed E-state index contributed by atoms with van der Waals surface area (Å²) >= 11 is 1.72. The van der Waals surface area contributed by atoms with Gasteiger partial charge < -0.3 is 10.3 Å². The molecule has 18 heavy (non-hydrogen) atoms. The minimum Gasteiger partial charge on any atom is -0.330 e. The third kappa shape index (κ3) is 3.11. The quantitative estimate of drug-likeness (QED) is 0.808. The van der Waals surface area contributed by atoms with Crippen molar-refractivity contribution in [3.63, 3.8) is 0 Å². The van der Waals surface area contributed by atoms with Crippen LogP contribution in [0.4, 0.5) is 0 Å². The van der Waals surface area contributed by atoms with Gasteiger partial charge in [0, 0.05) is 6.42 Å². The summed E-state index contributed by atoms with van der Waals surface area (Å²) in [6.45, 7) is 3.53. The zero-order valence-corrected chi connectivity index (χ0v) is 11.4. The summed E-state index contributed by atoms with van der Waals surface area (Å²) in [5, 5.41) is 9.45. The Morgan fingerprint density at radius 3 is 2.67 bits per heavy atom. The van der Waals surface area contributed by atoms with Crippen molar-refractivity contribution in [2.24, 2.45) is 5.73 Å². The average molecular weight is 262 g/mol. The Hall–Kier alpha value is -1.33. The Kier molecular flexibility index (Phi) is 4.78. The van der Waals surface area contributed by atoms with E-state index in [1.807, 2.05) is 6.07 Å². The van der Waals surface area contributed by atoms with Gasteiger partial charge in [-0.2, -0.15) is 0 Å². The first-order valence-corrected chi connectivity index (χ1v) is 7.12. The Morgan fingerprint density at radius 2 is 2.00 bits per heavy atom. The number of hydrogen-bond donors (Lipinski definition) is 1. The highest BCUT2D eigenvalue weighted by Gasteiger charge is 2.11. The summed E-state index contributed by atoms with van der Waals surface area (Å²) in [6.07, 6.45) is 0.768. The highest BCUT2D eigenvalue weighted by Crippen LogP contribution is 2.18. The molecule has 96 valence electrons. The van der Waals surface area contributed by atoms with Gasteiger partial charge >= 0.3 is 0 Å².